The lowest BCUT2D eigenvalue weighted by Gasteiger charge is -2.05. The molecule has 0 aromatic carbocycles. The highest BCUT2D eigenvalue weighted by Crippen LogP contribution is 2.09. The molecule has 0 saturated heterocycles. The topological polar surface area (TPSA) is 75.7 Å². The van der Waals surface area contributed by atoms with Gasteiger partial charge in [-0.15, -0.1) is 0 Å². The van der Waals surface area contributed by atoms with Crippen LogP contribution in [0.3, 0.4) is 0 Å². The van der Waals surface area contributed by atoms with E-state index in [1.165, 1.54) is 13.0 Å². The SMILES string of the molecule is CCC(=CC(C)=NO)C(C)[N+](=O)[O-]. The smallest absolute Gasteiger partial charge is 0.231 e. The molecule has 0 fully saturated rings. The molecule has 0 bridgehead atoms. The maximum Gasteiger partial charge on any atom is 0.231 e. The van der Waals surface area contributed by atoms with Crippen LogP contribution in [0.4, 0.5) is 0 Å². The third kappa shape index (κ3) is 3.68. The Kier molecular flexibility index (Phi) is 4.72. The fraction of sp³-hybridized carbons (Fsp3) is 0.625. The summed E-state index contributed by atoms with van der Waals surface area (Å²) in [6, 6.07) is -0.721. The number of nitrogens with zero attached hydrogens (tertiary/aromatic N) is 2. The van der Waals surface area contributed by atoms with E-state index in [2.05, 4.69) is 5.16 Å². The van der Waals surface area contributed by atoms with Crippen LogP contribution in [0.5, 0.6) is 0 Å². The van der Waals surface area contributed by atoms with E-state index in [9.17, 15) is 10.1 Å². The molecule has 1 N–H and O–H groups in total. The van der Waals surface area contributed by atoms with E-state index in [1.807, 2.05) is 6.92 Å². The zero-order valence-electron chi connectivity index (χ0n) is 8.02. The summed E-state index contributed by atoms with van der Waals surface area (Å²) in [6.45, 7) is 4.93. The highest BCUT2D eigenvalue weighted by molar-refractivity contribution is 5.92. The number of oxime groups is 1. The lowest BCUT2D eigenvalue weighted by molar-refractivity contribution is -0.507. The lowest BCUT2D eigenvalue weighted by Crippen LogP contribution is -2.18. The van der Waals surface area contributed by atoms with E-state index in [4.69, 9.17) is 5.21 Å². The van der Waals surface area contributed by atoms with Crippen molar-refractivity contribution >= 4 is 5.71 Å². The molecule has 13 heavy (non-hydrogen) atoms. The predicted octanol–water partition coefficient (Wildman–Crippen LogP) is 1.84. The minimum atomic E-state index is -0.721. The van der Waals surface area contributed by atoms with Gasteiger partial charge in [-0.1, -0.05) is 12.1 Å². The van der Waals surface area contributed by atoms with Crippen LogP contribution in [0, 0.1) is 10.1 Å². The fourth-order valence-corrected chi connectivity index (χ4v) is 0.951. The largest absolute Gasteiger partial charge is 0.411 e. The van der Waals surface area contributed by atoms with Gasteiger partial charge >= 0.3 is 0 Å². The van der Waals surface area contributed by atoms with E-state index >= 15 is 0 Å². The minimum Gasteiger partial charge on any atom is -0.411 e. The molecule has 0 saturated carbocycles. The highest BCUT2D eigenvalue weighted by Gasteiger charge is 2.17. The summed E-state index contributed by atoms with van der Waals surface area (Å²) in [7, 11) is 0. The van der Waals surface area contributed by atoms with Gasteiger partial charge in [0.05, 0.1) is 5.71 Å². The molecule has 5 nitrogen and oxygen atoms in total. The summed E-state index contributed by atoms with van der Waals surface area (Å²) in [4.78, 5) is 10.1. The molecule has 0 amide bonds. The monoisotopic (exact) mass is 186 g/mol. The van der Waals surface area contributed by atoms with Crippen molar-refractivity contribution in [2.45, 2.75) is 33.2 Å². The van der Waals surface area contributed by atoms with Crippen LogP contribution in [0.25, 0.3) is 0 Å². The maximum atomic E-state index is 10.4. The van der Waals surface area contributed by atoms with Gasteiger partial charge in [-0.2, -0.15) is 0 Å². The van der Waals surface area contributed by atoms with Gasteiger partial charge in [-0.25, -0.2) is 0 Å². The van der Waals surface area contributed by atoms with Crippen LogP contribution in [0.1, 0.15) is 27.2 Å². The number of hydrogen-bond acceptors (Lipinski definition) is 4. The summed E-state index contributed by atoms with van der Waals surface area (Å²) >= 11 is 0. The van der Waals surface area contributed by atoms with Crippen LogP contribution in [-0.2, 0) is 0 Å². The quantitative estimate of drug-likeness (QED) is 0.315. The van der Waals surface area contributed by atoms with Gasteiger partial charge in [-0.05, 0) is 19.4 Å². The summed E-state index contributed by atoms with van der Waals surface area (Å²) in [5.74, 6) is 0. The van der Waals surface area contributed by atoms with Gasteiger partial charge in [0.15, 0.2) is 0 Å². The first-order chi connectivity index (χ1) is 6.02. The van der Waals surface area contributed by atoms with E-state index in [0.717, 1.165) is 0 Å². The Morgan fingerprint density at radius 2 is 2.31 bits per heavy atom. The molecular weight excluding hydrogens is 172 g/mol. The van der Waals surface area contributed by atoms with E-state index in [1.54, 1.807) is 6.92 Å². The summed E-state index contributed by atoms with van der Waals surface area (Å²) in [5, 5.41) is 21.7. The lowest BCUT2D eigenvalue weighted by atomic mass is 10.1. The molecule has 0 aromatic heterocycles. The van der Waals surface area contributed by atoms with Crippen molar-refractivity contribution in [3.63, 3.8) is 0 Å². The Labute approximate surface area is 76.9 Å². The molecular formula is C8H14N2O3. The zero-order chi connectivity index (χ0) is 10.4. The maximum absolute atomic E-state index is 10.4. The Balaban J connectivity index is 4.69. The second kappa shape index (κ2) is 5.29. The van der Waals surface area contributed by atoms with E-state index in [-0.39, 0.29) is 4.92 Å². The standard InChI is InChI=1S/C8H14N2O3/c1-4-8(5-6(2)9-11)7(3)10(12)13/h5,7,11H,4H2,1-3H3. The summed E-state index contributed by atoms with van der Waals surface area (Å²) in [6.07, 6.45) is 2.11. The number of rotatable bonds is 4. The first-order valence-corrected chi connectivity index (χ1v) is 4.05. The van der Waals surface area contributed by atoms with E-state index < -0.39 is 6.04 Å². The van der Waals surface area contributed by atoms with Crippen LogP contribution in [-0.4, -0.2) is 21.9 Å². The number of allylic oxidation sites excluding steroid dienone is 1. The third-order valence-electron chi connectivity index (χ3n) is 1.81. The molecule has 5 heteroatoms. The molecule has 1 unspecified atom stereocenters. The number of hydrogen-bond donors (Lipinski definition) is 1. The third-order valence-corrected chi connectivity index (χ3v) is 1.81. The second-order valence-corrected chi connectivity index (χ2v) is 2.78. The van der Waals surface area contributed by atoms with Crippen molar-refractivity contribution in [1.82, 2.24) is 0 Å². The second-order valence-electron chi connectivity index (χ2n) is 2.78. The average Bonchev–Trinajstić information content (AvgIpc) is 2.12. The van der Waals surface area contributed by atoms with Crippen molar-refractivity contribution in [1.29, 1.82) is 0 Å². The van der Waals surface area contributed by atoms with Gasteiger partial charge in [0.2, 0.25) is 6.04 Å². The first-order valence-electron chi connectivity index (χ1n) is 4.05. The highest BCUT2D eigenvalue weighted by atomic mass is 16.6. The van der Waals surface area contributed by atoms with E-state index in [0.29, 0.717) is 17.7 Å². The van der Waals surface area contributed by atoms with Crippen LogP contribution < -0.4 is 0 Å². The molecule has 74 valence electrons. The predicted molar refractivity (Wildman–Crippen MR) is 49.7 cm³/mol. The molecule has 1 atom stereocenters. The Morgan fingerprint density at radius 3 is 2.62 bits per heavy atom. The molecule has 0 aromatic rings. The van der Waals surface area contributed by atoms with Gasteiger partial charge in [0.1, 0.15) is 0 Å². The van der Waals surface area contributed by atoms with Crippen molar-refractivity contribution in [3.8, 4) is 0 Å². The molecule has 0 aliphatic heterocycles. The minimum absolute atomic E-state index is 0.361. The van der Waals surface area contributed by atoms with Crippen LogP contribution in [0.2, 0.25) is 0 Å². The average molecular weight is 186 g/mol. The van der Waals surface area contributed by atoms with Gasteiger partial charge in [0.25, 0.3) is 0 Å². The Morgan fingerprint density at radius 1 is 1.77 bits per heavy atom. The fourth-order valence-electron chi connectivity index (χ4n) is 0.951. The Bertz CT molecular complexity index is 246. The zero-order valence-corrected chi connectivity index (χ0v) is 8.02. The first kappa shape index (κ1) is 11.6. The molecule has 0 aliphatic carbocycles. The van der Waals surface area contributed by atoms with Crippen LogP contribution >= 0.6 is 0 Å². The number of nitro groups is 1. The van der Waals surface area contributed by atoms with Gasteiger partial charge < -0.3 is 5.21 Å². The normalized spacial score (nSPS) is 15.6. The van der Waals surface area contributed by atoms with Crippen molar-refractivity contribution < 1.29 is 10.1 Å². The molecule has 0 heterocycles. The molecule has 0 spiro atoms. The van der Waals surface area contributed by atoms with Crippen molar-refractivity contribution in [2.75, 3.05) is 0 Å². The molecule has 0 aliphatic rings. The van der Waals surface area contributed by atoms with Crippen molar-refractivity contribution in [2.24, 2.45) is 5.16 Å². The summed E-state index contributed by atoms with van der Waals surface area (Å²) < 4.78 is 0. The van der Waals surface area contributed by atoms with Gasteiger partial charge in [0, 0.05) is 17.4 Å². The van der Waals surface area contributed by atoms with Gasteiger partial charge in [-0.3, -0.25) is 10.1 Å². The van der Waals surface area contributed by atoms with Crippen LogP contribution in [0.15, 0.2) is 16.8 Å². The molecule has 0 radical (unpaired) electrons. The Hall–Kier alpha value is -1.39. The summed E-state index contributed by atoms with van der Waals surface area (Å²) in [5.41, 5.74) is 1.03. The molecule has 0 rings (SSSR count). The van der Waals surface area contributed by atoms with Crippen molar-refractivity contribution in [3.05, 3.63) is 21.8 Å².